The SMILES string of the molecule is NC(=O)C1CCCCN1c1ncn[nH]1. The van der Waals surface area contributed by atoms with Crippen LogP contribution in [0.5, 0.6) is 0 Å². The minimum atomic E-state index is -0.291. The molecule has 0 spiro atoms. The smallest absolute Gasteiger partial charge is 0.240 e. The minimum absolute atomic E-state index is 0.239. The highest BCUT2D eigenvalue weighted by Gasteiger charge is 2.28. The number of nitrogens with zero attached hydrogens (tertiary/aromatic N) is 3. The zero-order valence-electron chi connectivity index (χ0n) is 7.81. The minimum Gasteiger partial charge on any atom is -0.368 e. The van der Waals surface area contributed by atoms with Gasteiger partial charge in [-0.05, 0) is 19.3 Å². The lowest BCUT2D eigenvalue weighted by Gasteiger charge is -2.32. The first-order chi connectivity index (χ1) is 6.79. The van der Waals surface area contributed by atoms with E-state index in [1.165, 1.54) is 6.33 Å². The lowest BCUT2D eigenvalue weighted by molar-refractivity contribution is -0.119. The normalized spacial score (nSPS) is 22.3. The second-order valence-corrected chi connectivity index (χ2v) is 3.42. The molecule has 1 aliphatic rings. The Balaban J connectivity index is 2.18. The van der Waals surface area contributed by atoms with E-state index in [2.05, 4.69) is 15.2 Å². The Kier molecular flexibility index (Phi) is 2.34. The predicted molar refractivity (Wildman–Crippen MR) is 50.6 cm³/mol. The van der Waals surface area contributed by atoms with Gasteiger partial charge in [-0.3, -0.25) is 4.79 Å². The molecule has 0 saturated carbocycles. The summed E-state index contributed by atoms with van der Waals surface area (Å²) >= 11 is 0. The van der Waals surface area contributed by atoms with Crippen molar-refractivity contribution in [3.05, 3.63) is 6.33 Å². The summed E-state index contributed by atoms with van der Waals surface area (Å²) < 4.78 is 0. The van der Waals surface area contributed by atoms with Crippen molar-refractivity contribution in [3.8, 4) is 0 Å². The van der Waals surface area contributed by atoms with Gasteiger partial charge in [0.05, 0.1) is 0 Å². The Morgan fingerprint density at radius 3 is 3.14 bits per heavy atom. The van der Waals surface area contributed by atoms with Crippen LogP contribution in [-0.4, -0.2) is 33.7 Å². The van der Waals surface area contributed by atoms with E-state index in [4.69, 9.17) is 5.73 Å². The van der Waals surface area contributed by atoms with E-state index in [9.17, 15) is 4.79 Å². The Bertz CT molecular complexity index is 310. The number of anilines is 1. The molecule has 6 heteroatoms. The van der Waals surface area contributed by atoms with Gasteiger partial charge in [0.1, 0.15) is 12.4 Å². The van der Waals surface area contributed by atoms with Crippen LogP contribution in [0.1, 0.15) is 19.3 Å². The monoisotopic (exact) mass is 195 g/mol. The van der Waals surface area contributed by atoms with Crippen LogP contribution in [0, 0.1) is 0 Å². The molecular weight excluding hydrogens is 182 g/mol. The Labute approximate surface area is 81.5 Å². The Hall–Kier alpha value is -1.59. The number of H-pyrrole nitrogens is 1. The average molecular weight is 195 g/mol. The first-order valence-corrected chi connectivity index (χ1v) is 4.70. The fourth-order valence-corrected chi connectivity index (χ4v) is 1.82. The Morgan fingerprint density at radius 1 is 1.64 bits per heavy atom. The fraction of sp³-hybridized carbons (Fsp3) is 0.625. The van der Waals surface area contributed by atoms with Crippen LogP contribution < -0.4 is 10.6 Å². The lowest BCUT2D eigenvalue weighted by Crippen LogP contribution is -2.48. The van der Waals surface area contributed by atoms with Gasteiger partial charge in [-0.15, -0.1) is 0 Å². The lowest BCUT2D eigenvalue weighted by atomic mass is 10.0. The number of aromatic amines is 1. The molecule has 0 radical (unpaired) electrons. The molecule has 1 unspecified atom stereocenters. The van der Waals surface area contributed by atoms with Gasteiger partial charge in [0.25, 0.3) is 0 Å². The number of carbonyl (C=O) groups is 1. The summed E-state index contributed by atoms with van der Waals surface area (Å²) in [6, 6.07) is -0.239. The topological polar surface area (TPSA) is 87.9 Å². The van der Waals surface area contributed by atoms with Gasteiger partial charge < -0.3 is 10.6 Å². The molecule has 1 atom stereocenters. The molecule has 1 aromatic rings. The molecular formula is C8H13N5O. The molecule has 1 aliphatic heterocycles. The van der Waals surface area contributed by atoms with Crippen LogP contribution in [-0.2, 0) is 4.79 Å². The van der Waals surface area contributed by atoms with Gasteiger partial charge in [-0.1, -0.05) is 0 Å². The van der Waals surface area contributed by atoms with Crippen molar-refractivity contribution in [2.75, 3.05) is 11.4 Å². The number of carbonyl (C=O) groups excluding carboxylic acids is 1. The van der Waals surface area contributed by atoms with Crippen molar-refractivity contribution in [2.24, 2.45) is 5.73 Å². The van der Waals surface area contributed by atoms with Crippen LogP contribution in [0.25, 0.3) is 0 Å². The molecule has 76 valence electrons. The molecule has 1 aromatic heterocycles. The van der Waals surface area contributed by atoms with Gasteiger partial charge in [0.15, 0.2) is 0 Å². The van der Waals surface area contributed by atoms with Crippen molar-refractivity contribution in [3.63, 3.8) is 0 Å². The molecule has 2 heterocycles. The summed E-state index contributed by atoms with van der Waals surface area (Å²) in [7, 11) is 0. The molecule has 3 N–H and O–H groups in total. The zero-order chi connectivity index (χ0) is 9.97. The number of hydrogen-bond acceptors (Lipinski definition) is 4. The van der Waals surface area contributed by atoms with E-state index in [-0.39, 0.29) is 11.9 Å². The number of hydrogen-bond donors (Lipinski definition) is 2. The van der Waals surface area contributed by atoms with Gasteiger partial charge in [-0.25, -0.2) is 5.10 Å². The van der Waals surface area contributed by atoms with E-state index >= 15 is 0 Å². The van der Waals surface area contributed by atoms with Gasteiger partial charge in [0.2, 0.25) is 11.9 Å². The standard InChI is InChI=1S/C8H13N5O/c9-7(14)6-3-1-2-4-13(6)8-10-5-11-12-8/h5-6H,1-4H2,(H2,9,14)(H,10,11,12). The molecule has 0 aliphatic carbocycles. The predicted octanol–water partition coefficient (Wildman–Crippen LogP) is -0.351. The van der Waals surface area contributed by atoms with Crippen LogP contribution in [0.4, 0.5) is 5.95 Å². The van der Waals surface area contributed by atoms with Gasteiger partial charge in [-0.2, -0.15) is 10.1 Å². The number of amides is 1. The van der Waals surface area contributed by atoms with E-state index in [0.29, 0.717) is 5.95 Å². The number of rotatable bonds is 2. The van der Waals surface area contributed by atoms with E-state index < -0.39 is 0 Å². The number of aromatic nitrogens is 3. The molecule has 1 amide bonds. The third-order valence-electron chi connectivity index (χ3n) is 2.51. The first kappa shape index (κ1) is 8.98. The summed E-state index contributed by atoms with van der Waals surface area (Å²) in [5.41, 5.74) is 5.32. The van der Waals surface area contributed by atoms with Crippen LogP contribution in [0.15, 0.2) is 6.33 Å². The van der Waals surface area contributed by atoms with Gasteiger partial charge in [0, 0.05) is 6.54 Å². The summed E-state index contributed by atoms with van der Waals surface area (Å²) in [6.07, 6.45) is 4.33. The van der Waals surface area contributed by atoms with Crippen LogP contribution >= 0.6 is 0 Å². The van der Waals surface area contributed by atoms with E-state index in [1.54, 1.807) is 0 Å². The number of piperidine rings is 1. The number of nitrogens with two attached hydrogens (primary N) is 1. The maximum atomic E-state index is 11.2. The van der Waals surface area contributed by atoms with Crippen LogP contribution in [0.3, 0.4) is 0 Å². The largest absolute Gasteiger partial charge is 0.368 e. The third-order valence-corrected chi connectivity index (χ3v) is 2.51. The summed E-state index contributed by atoms with van der Waals surface area (Å²) in [6.45, 7) is 0.808. The van der Waals surface area contributed by atoms with Crippen molar-refractivity contribution in [2.45, 2.75) is 25.3 Å². The summed E-state index contributed by atoms with van der Waals surface area (Å²) in [5.74, 6) is 0.342. The Morgan fingerprint density at radius 2 is 2.50 bits per heavy atom. The highest BCUT2D eigenvalue weighted by Crippen LogP contribution is 2.20. The molecule has 14 heavy (non-hydrogen) atoms. The highest BCUT2D eigenvalue weighted by atomic mass is 16.1. The quantitative estimate of drug-likeness (QED) is 0.675. The van der Waals surface area contributed by atoms with Gasteiger partial charge >= 0.3 is 0 Å². The highest BCUT2D eigenvalue weighted by molar-refractivity contribution is 5.83. The maximum Gasteiger partial charge on any atom is 0.240 e. The van der Waals surface area contributed by atoms with Crippen molar-refractivity contribution in [1.29, 1.82) is 0 Å². The molecule has 0 bridgehead atoms. The van der Waals surface area contributed by atoms with Crippen molar-refractivity contribution < 1.29 is 4.79 Å². The second-order valence-electron chi connectivity index (χ2n) is 3.42. The van der Waals surface area contributed by atoms with Crippen molar-refractivity contribution >= 4 is 11.9 Å². The number of nitrogens with one attached hydrogen (secondary N) is 1. The average Bonchev–Trinajstić information content (AvgIpc) is 2.70. The number of primary amides is 1. The summed E-state index contributed by atoms with van der Waals surface area (Å²) in [4.78, 5) is 17.1. The second kappa shape index (κ2) is 3.65. The fourth-order valence-electron chi connectivity index (χ4n) is 1.82. The van der Waals surface area contributed by atoms with E-state index in [0.717, 1.165) is 25.8 Å². The molecule has 1 fully saturated rings. The molecule has 1 saturated heterocycles. The molecule has 2 rings (SSSR count). The first-order valence-electron chi connectivity index (χ1n) is 4.70. The van der Waals surface area contributed by atoms with Crippen molar-refractivity contribution in [1.82, 2.24) is 15.2 Å². The molecule has 0 aromatic carbocycles. The molecule has 6 nitrogen and oxygen atoms in total. The third kappa shape index (κ3) is 1.55. The van der Waals surface area contributed by atoms with E-state index in [1.807, 2.05) is 4.90 Å². The summed E-state index contributed by atoms with van der Waals surface area (Å²) in [5, 5.41) is 6.51. The van der Waals surface area contributed by atoms with Crippen LogP contribution in [0.2, 0.25) is 0 Å². The maximum absolute atomic E-state index is 11.2. The zero-order valence-corrected chi connectivity index (χ0v) is 7.81.